The molecule has 0 aliphatic rings. The maximum absolute atomic E-state index is 13.6. The number of ether oxygens (including phenoxy) is 1. The minimum Gasteiger partial charge on any atom is -0.462 e. The summed E-state index contributed by atoms with van der Waals surface area (Å²) < 4.78 is 18.3. The first kappa shape index (κ1) is 13.6. The van der Waals surface area contributed by atoms with Gasteiger partial charge in [-0.3, -0.25) is 0 Å². The fraction of sp³-hybridized carbons (Fsp3) is 0.273. The summed E-state index contributed by atoms with van der Waals surface area (Å²) in [5, 5.41) is 8.64. The van der Waals surface area contributed by atoms with E-state index in [-0.39, 0.29) is 28.6 Å². The Bertz CT molecular complexity index is 462. The highest BCUT2D eigenvalue weighted by molar-refractivity contribution is 6.32. The molecule has 0 aliphatic heterocycles. The van der Waals surface area contributed by atoms with Crippen LogP contribution in [-0.4, -0.2) is 29.3 Å². The van der Waals surface area contributed by atoms with Crippen LogP contribution in [-0.2, 0) is 4.74 Å². The van der Waals surface area contributed by atoms with Crippen LogP contribution in [0.25, 0.3) is 5.57 Å². The molecule has 0 amide bonds. The minimum atomic E-state index is -0.781. The van der Waals surface area contributed by atoms with E-state index in [4.69, 9.17) is 16.7 Å². The summed E-state index contributed by atoms with van der Waals surface area (Å²) in [6.07, 6.45) is 0. The second-order valence-corrected chi connectivity index (χ2v) is 3.50. The average Bonchev–Trinajstić information content (AvgIpc) is 2.30. The Kier molecular flexibility index (Phi) is 4.60. The SMILES string of the molecule is C=C(CO)c1nc(Cl)c(C(=O)OCC)cc1F. The molecule has 0 saturated heterocycles. The fourth-order valence-corrected chi connectivity index (χ4v) is 1.36. The van der Waals surface area contributed by atoms with Gasteiger partial charge in [0.25, 0.3) is 0 Å². The summed E-state index contributed by atoms with van der Waals surface area (Å²) in [7, 11) is 0. The highest BCUT2D eigenvalue weighted by atomic mass is 35.5. The topological polar surface area (TPSA) is 59.4 Å². The Balaban J connectivity index is 3.18. The van der Waals surface area contributed by atoms with E-state index in [0.717, 1.165) is 6.07 Å². The zero-order valence-corrected chi connectivity index (χ0v) is 9.92. The number of esters is 1. The lowest BCUT2D eigenvalue weighted by molar-refractivity contribution is 0.0525. The van der Waals surface area contributed by atoms with Crippen molar-refractivity contribution < 1.29 is 19.0 Å². The first-order valence-corrected chi connectivity index (χ1v) is 5.21. The van der Waals surface area contributed by atoms with E-state index in [1.54, 1.807) is 6.92 Å². The number of rotatable bonds is 4. The summed E-state index contributed by atoms with van der Waals surface area (Å²) in [6.45, 7) is 4.76. The summed E-state index contributed by atoms with van der Waals surface area (Å²) in [5.74, 6) is -1.53. The molecule has 0 radical (unpaired) electrons. The Hall–Kier alpha value is -1.46. The van der Waals surface area contributed by atoms with Crippen LogP contribution < -0.4 is 0 Å². The van der Waals surface area contributed by atoms with Crippen LogP contribution in [0.5, 0.6) is 0 Å². The fourth-order valence-electron chi connectivity index (χ4n) is 1.14. The van der Waals surface area contributed by atoms with E-state index >= 15 is 0 Å². The molecule has 17 heavy (non-hydrogen) atoms. The molecule has 0 unspecified atom stereocenters. The highest BCUT2D eigenvalue weighted by Gasteiger charge is 2.18. The number of carbonyl (C=O) groups is 1. The van der Waals surface area contributed by atoms with Gasteiger partial charge in [-0.1, -0.05) is 18.2 Å². The van der Waals surface area contributed by atoms with E-state index in [1.165, 1.54) is 0 Å². The van der Waals surface area contributed by atoms with Gasteiger partial charge in [-0.05, 0) is 18.6 Å². The molecule has 0 atom stereocenters. The number of nitrogens with zero attached hydrogens (tertiary/aromatic N) is 1. The van der Waals surface area contributed by atoms with E-state index < -0.39 is 18.4 Å². The van der Waals surface area contributed by atoms with E-state index in [9.17, 15) is 9.18 Å². The second-order valence-electron chi connectivity index (χ2n) is 3.14. The lowest BCUT2D eigenvalue weighted by Crippen LogP contribution is -2.09. The van der Waals surface area contributed by atoms with Crippen LogP contribution in [0.1, 0.15) is 23.0 Å². The number of aliphatic hydroxyl groups is 1. The van der Waals surface area contributed by atoms with Crippen molar-refractivity contribution in [2.24, 2.45) is 0 Å². The molecular weight excluding hydrogens is 249 g/mol. The van der Waals surface area contributed by atoms with Crippen LogP contribution in [0.2, 0.25) is 5.15 Å². The molecule has 1 aromatic rings. The predicted octanol–water partition coefficient (Wildman–Crippen LogP) is 2.06. The molecule has 0 aliphatic carbocycles. The third-order valence-corrected chi connectivity index (χ3v) is 2.24. The Morgan fingerprint density at radius 3 is 2.88 bits per heavy atom. The van der Waals surface area contributed by atoms with E-state index in [2.05, 4.69) is 16.3 Å². The van der Waals surface area contributed by atoms with Gasteiger partial charge in [0.2, 0.25) is 0 Å². The zero-order chi connectivity index (χ0) is 13.0. The van der Waals surface area contributed by atoms with Crippen molar-refractivity contribution in [2.45, 2.75) is 6.92 Å². The monoisotopic (exact) mass is 259 g/mol. The molecule has 92 valence electrons. The van der Waals surface area contributed by atoms with E-state index in [0.29, 0.717) is 0 Å². The quantitative estimate of drug-likeness (QED) is 0.664. The van der Waals surface area contributed by atoms with Crippen molar-refractivity contribution in [2.75, 3.05) is 13.2 Å². The predicted molar refractivity (Wildman–Crippen MR) is 61.3 cm³/mol. The van der Waals surface area contributed by atoms with Crippen LogP contribution in [0.4, 0.5) is 4.39 Å². The first-order valence-electron chi connectivity index (χ1n) is 4.83. The summed E-state index contributed by atoms with van der Waals surface area (Å²) >= 11 is 5.73. The van der Waals surface area contributed by atoms with E-state index in [1.807, 2.05) is 0 Å². The number of hydrogen-bond donors (Lipinski definition) is 1. The van der Waals surface area contributed by atoms with Crippen LogP contribution in [0.3, 0.4) is 0 Å². The highest BCUT2D eigenvalue weighted by Crippen LogP contribution is 2.21. The number of carbonyl (C=O) groups excluding carboxylic acids is 1. The lowest BCUT2D eigenvalue weighted by atomic mass is 10.1. The Labute approximate surface area is 103 Å². The average molecular weight is 260 g/mol. The summed E-state index contributed by atoms with van der Waals surface area (Å²) in [4.78, 5) is 15.1. The molecule has 1 rings (SSSR count). The van der Waals surface area contributed by atoms with Crippen molar-refractivity contribution in [3.05, 3.63) is 34.9 Å². The molecule has 0 aromatic carbocycles. The third-order valence-electron chi connectivity index (χ3n) is 1.95. The minimum absolute atomic E-state index is 0.0832. The Morgan fingerprint density at radius 2 is 2.35 bits per heavy atom. The smallest absolute Gasteiger partial charge is 0.341 e. The second kappa shape index (κ2) is 5.75. The lowest BCUT2D eigenvalue weighted by Gasteiger charge is -2.08. The standard InChI is InChI=1S/C11H11ClFNO3/c1-3-17-11(16)7-4-8(13)9(6(2)5-15)14-10(7)12/h4,15H,2-3,5H2,1H3. The van der Waals surface area contributed by atoms with Gasteiger partial charge in [0.15, 0.2) is 0 Å². The maximum atomic E-state index is 13.6. The van der Waals surface area contributed by atoms with Gasteiger partial charge in [0.05, 0.1) is 18.8 Å². The van der Waals surface area contributed by atoms with Crippen molar-refractivity contribution in [3.63, 3.8) is 0 Å². The van der Waals surface area contributed by atoms with Crippen LogP contribution in [0, 0.1) is 5.82 Å². The molecule has 0 spiro atoms. The molecule has 0 fully saturated rings. The van der Waals surface area contributed by atoms with Crippen molar-refractivity contribution in [3.8, 4) is 0 Å². The van der Waals surface area contributed by atoms with Gasteiger partial charge in [0, 0.05) is 0 Å². The largest absolute Gasteiger partial charge is 0.462 e. The van der Waals surface area contributed by atoms with Gasteiger partial charge in [-0.2, -0.15) is 0 Å². The van der Waals surface area contributed by atoms with Crippen molar-refractivity contribution in [1.82, 2.24) is 4.98 Å². The maximum Gasteiger partial charge on any atom is 0.341 e. The molecule has 4 nitrogen and oxygen atoms in total. The number of hydrogen-bond acceptors (Lipinski definition) is 4. The van der Waals surface area contributed by atoms with Gasteiger partial charge >= 0.3 is 5.97 Å². The number of aromatic nitrogens is 1. The normalized spacial score (nSPS) is 10.1. The van der Waals surface area contributed by atoms with Crippen LogP contribution in [0.15, 0.2) is 12.6 Å². The Morgan fingerprint density at radius 1 is 1.71 bits per heavy atom. The molecule has 1 N–H and O–H groups in total. The van der Waals surface area contributed by atoms with Gasteiger partial charge in [0.1, 0.15) is 16.7 Å². The van der Waals surface area contributed by atoms with Gasteiger partial charge in [-0.15, -0.1) is 0 Å². The number of halogens is 2. The third kappa shape index (κ3) is 3.01. The zero-order valence-electron chi connectivity index (χ0n) is 9.17. The summed E-state index contributed by atoms with van der Waals surface area (Å²) in [5.41, 5.74) is -0.231. The van der Waals surface area contributed by atoms with Crippen LogP contribution >= 0.6 is 11.6 Å². The van der Waals surface area contributed by atoms with Crippen molar-refractivity contribution in [1.29, 1.82) is 0 Å². The van der Waals surface area contributed by atoms with Gasteiger partial charge < -0.3 is 9.84 Å². The first-order chi connectivity index (χ1) is 8.01. The molecular formula is C11H11ClFNO3. The molecule has 1 heterocycles. The van der Waals surface area contributed by atoms with Gasteiger partial charge in [-0.25, -0.2) is 14.2 Å². The number of pyridine rings is 1. The molecule has 6 heteroatoms. The molecule has 1 aromatic heterocycles. The number of aliphatic hydroxyl groups excluding tert-OH is 1. The summed E-state index contributed by atoms with van der Waals surface area (Å²) in [6, 6.07) is 0.920. The molecule has 0 bridgehead atoms. The van der Waals surface area contributed by atoms with Crippen molar-refractivity contribution >= 4 is 23.1 Å². The molecule has 0 saturated carbocycles.